The summed E-state index contributed by atoms with van der Waals surface area (Å²) in [6, 6.07) is 13.9. The Morgan fingerprint density at radius 2 is 2.00 bits per heavy atom. The van der Waals surface area contributed by atoms with Gasteiger partial charge in [-0.2, -0.15) is 0 Å². The minimum atomic E-state index is -0.135. The van der Waals surface area contributed by atoms with Gasteiger partial charge in [0.25, 0.3) is 5.91 Å². The number of likely N-dealkylation sites (N-methyl/N-ethyl adjacent to an activating group) is 1. The van der Waals surface area contributed by atoms with Crippen LogP contribution >= 0.6 is 24.0 Å². The van der Waals surface area contributed by atoms with Crippen LogP contribution in [0.2, 0.25) is 0 Å². The Balaban J connectivity index is 0.00000280. The number of hydrogen-bond donors (Lipinski definition) is 3. The Morgan fingerprint density at radius 1 is 1.18 bits per heavy atom. The van der Waals surface area contributed by atoms with Gasteiger partial charge in [-0.05, 0) is 67.1 Å². The second kappa shape index (κ2) is 10.9. The summed E-state index contributed by atoms with van der Waals surface area (Å²) in [5.41, 5.74) is 10.8. The zero-order chi connectivity index (χ0) is 19.1. The summed E-state index contributed by atoms with van der Waals surface area (Å²) in [7, 11) is 0. The van der Waals surface area contributed by atoms with E-state index in [1.165, 1.54) is 17.5 Å². The van der Waals surface area contributed by atoms with Gasteiger partial charge in [0.1, 0.15) is 5.75 Å². The van der Waals surface area contributed by atoms with Crippen molar-refractivity contribution >= 4 is 41.5 Å². The average molecular weight is 494 g/mol. The summed E-state index contributed by atoms with van der Waals surface area (Å²) in [4.78, 5) is 15.9. The number of carbonyl (C=O) groups is 1. The fourth-order valence-corrected chi connectivity index (χ4v) is 3.14. The summed E-state index contributed by atoms with van der Waals surface area (Å²) in [6.45, 7) is 2.90. The maximum Gasteiger partial charge on any atom is 0.257 e. The first-order valence-electron chi connectivity index (χ1n) is 9.31. The molecule has 0 saturated carbocycles. The van der Waals surface area contributed by atoms with Gasteiger partial charge in [0.15, 0.2) is 12.6 Å². The van der Waals surface area contributed by atoms with E-state index in [-0.39, 0.29) is 36.5 Å². The number of aliphatic imine (C=N–C) groups is 1. The van der Waals surface area contributed by atoms with Gasteiger partial charge in [0.2, 0.25) is 0 Å². The highest BCUT2D eigenvalue weighted by molar-refractivity contribution is 14.0. The third-order valence-electron chi connectivity index (χ3n) is 4.45. The lowest BCUT2D eigenvalue weighted by molar-refractivity contribution is -0.122. The first-order chi connectivity index (χ1) is 13.1. The Bertz CT molecular complexity index is 839. The summed E-state index contributed by atoms with van der Waals surface area (Å²) < 4.78 is 5.50. The molecule has 1 amide bonds. The minimum absolute atomic E-state index is 0. The number of amides is 1. The Hall–Kier alpha value is -2.29. The summed E-state index contributed by atoms with van der Waals surface area (Å²) in [5, 5.41) is 5.85. The van der Waals surface area contributed by atoms with Crippen LogP contribution in [0.25, 0.3) is 0 Å². The van der Waals surface area contributed by atoms with E-state index >= 15 is 0 Å². The van der Waals surface area contributed by atoms with Crippen LogP contribution in [-0.2, 0) is 24.2 Å². The van der Waals surface area contributed by atoms with Crippen LogP contribution in [0, 0.1) is 0 Å². The SMILES string of the molecule is CCNC(=O)COc1cccc(CN=C(N)Nc2ccc3c(c2)CCC3)c1.I. The average Bonchev–Trinajstić information content (AvgIpc) is 3.13. The molecule has 2 aromatic carbocycles. The standard InChI is InChI=1S/C21H26N4O2.HI/c1-2-23-20(26)14-27-19-8-3-5-15(11-19)13-24-21(22)25-18-10-9-16-6-4-7-17(16)12-18;/h3,5,8-12H,2,4,6-7,13-14H2,1H3,(H,23,26)(H3,22,24,25);1H. The normalized spacial score (nSPS) is 12.7. The van der Waals surface area contributed by atoms with Crippen molar-refractivity contribution in [1.82, 2.24) is 5.32 Å². The van der Waals surface area contributed by atoms with Gasteiger partial charge >= 0.3 is 0 Å². The number of nitrogens with zero attached hydrogens (tertiary/aromatic N) is 1. The van der Waals surface area contributed by atoms with E-state index in [2.05, 4.69) is 27.8 Å². The van der Waals surface area contributed by atoms with E-state index in [0.29, 0.717) is 24.8 Å². The summed E-state index contributed by atoms with van der Waals surface area (Å²) in [6.07, 6.45) is 3.52. The number of hydrogen-bond acceptors (Lipinski definition) is 3. The van der Waals surface area contributed by atoms with Gasteiger partial charge in [-0.15, -0.1) is 24.0 Å². The molecule has 2 aromatic rings. The molecule has 150 valence electrons. The van der Waals surface area contributed by atoms with Gasteiger partial charge in [0.05, 0.1) is 6.54 Å². The second-order valence-electron chi connectivity index (χ2n) is 6.55. The molecule has 6 nitrogen and oxygen atoms in total. The lowest BCUT2D eigenvalue weighted by Gasteiger charge is -2.09. The van der Waals surface area contributed by atoms with Crippen LogP contribution in [0.4, 0.5) is 5.69 Å². The quantitative estimate of drug-likeness (QED) is 0.313. The van der Waals surface area contributed by atoms with E-state index in [1.807, 2.05) is 37.3 Å². The van der Waals surface area contributed by atoms with Crippen LogP contribution in [0.5, 0.6) is 5.75 Å². The molecule has 0 atom stereocenters. The first-order valence-corrected chi connectivity index (χ1v) is 9.31. The van der Waals surface area contributed by atoms with Crippen LogP contribution in [0.15, 0.2) is 47.5 Å². The lowest BCUT2D eigenvalue weighted by atomic mass is 10.1. The Kier molecular flexibility index (Phi) is 8.56. The molecule has 1 aliphatic carbocycles. The molecule has 0 saturated heterocycles. The van der Waals surface area contributed by atoms with Crippen molar-refractivity contribution in [1.29, 1.82) is 0 Å². The number of nitrogens with one attached hydrogen (secondary N) is 2. The third-order valence-corrected chi connectivity index (χ3v) is 4.45. The second-order valence-corrected chi connectivity index (χ2v) is 6.55. The Labute approximate surface area is 183 Å². The molecule has 0 spiro atoms. The molecule has 0 heterocycles. The van der Waals surface area contributed by atoms with Crippen LogP contribution in [0.3, 0.4) is 0 Å². The zero-order valence-electron chi connectivity index (χ0n) is 16.0. The molecule has 7 heteroatoms. The van der Waals surface area contributed by atoms with Crippen molar-refractivity contribution in [3.8, 4) is 5.75 Å². The molecule has 0 bridgehead atoms. The first kappa shape index (κ1) is 22.0. The van der Waals surface area contributed by atoms with Crippen LogP contribution < -0.4 is 21.1 Å². The van der Waals surface area contributed by atoms with Crippen molar-refractivity contribution in [3.63, 3.8) is 0 Å². The van der Waals surface area contributed by atoms with Crippen molar-refractivity contribution < 1.29 is 9.53 Å². The number of fused-ring (bicyclic) bond motifs is 1. The topological polar surface area (TPSA) is 88.7 Å². The van der Waals surface area contributed by atoms with E-state index < -0.39 is 0 Å². The van der Waals surface area contributed by atoms with E-state index in [0.717, 1.165) is 24.1 Å². The van der Waals surface area contributed by atoms with E-state index in [4.69, 9.17) is 10.5 Å². The number of ether oxygens (including phenoxy) is 1. The molecular formula is C21H27IN4O2. The van der Waals surface area contributed by atoms with Gasteiger partial charge in [0, 0.05) is 12.2 Å². The number of benzene rings is 2. The third kappa shape index (κ3) is 6.40. The highest BCUT2D eigenvalue weighted by atomic mass is 127. The number of nitrogens with two attached hydrogens (primary N) is 1. The van der Waals surface area contributed by atoms with E-state index in [1.54, 1.807) is 0 Å². The minimum Gasteiger partial charge on any atom is -0.484 e. The zero-order valence-corrected chi connectivity index (χ0v) is 18.4. The van der Waals surface area contributed by atoms with Gasteiger partial charge in [-0.25, -0.2) is 4.99 Å². The van der Waals surface area contributed by atoms with Crippen molar-refractivity contribution in [2.45, 2.75) is 32.7 Å². The highest BCUT2D eigenvalue weighted by Crippen LogP contribution is 2.24. The summed E-state index contributed by atoms with van der Waals surface area (Å²) in [5.74, 6) is 0.879. The molecule has 0 fully saturated rings. The molecule has 0 unspecified atom stereocenters. The number of guanidine groups is 1. The number of aryl methyl sites for hydroxylation is 2. The van der Waals surface area contributed by atoms with Crippen molar-refractivity contribution in [2.24, 2.45) is 10.7 Å². The smallest absolute Gasteiger partial charge is 0.257 e. The number of anilines is 1. The van der Waals surface area contributed by atoms with Gasteiger partial charge in [-0.3, -0.25) is 4.79 Å². The number of rotatable bonds is 7. The summed E-state index contributed by atoms with van der Waals surface area (Å²) >= 11 is 0. The molecule has 28 heavy (non-hydrogen) atoms. The maximum atomic E-state index is 11.5. The van der Waals surface area contributed by atoms with Crippen LogP contribution in [-0.4, -0.2) is 25.0 Å². The molecule has 3 rings (SSSR count). The molecule has 1 aliphatic rings. The fourth-order valence-electron chi connectivity index (χ4n) is 3.14. The number of carbonyl (C=O) groups excluding carboxylic acids is 1. The van der Waals surface area contributed by atoms with Gasteiger partial charge < -0.3 is 21.1 Å². The largest absolute Gasteiger partial charge is 0.484 e. The van der Waals surface area contributed by atoms with E-state index in [9.17, 15) is 4.79 Å². The van der Waals surface area contributed by atoms with Crippen LogP contribution in [0.1, 0.15) is 30.0 Å². The lowest BCUT2D eigenvalue weighted by Crippen LogP contribution is -2.28. The highest BCUT2D eigenvalue weighted by Gasteiger charge is 2.10. The monoisotopic (exact) mass is 494 g/mol. The number of halogens is 1. The fraction of sp³-hybridized carbons (Fsp3) is 0.333. The Morgan fingerprint density at radius 3 is 2.82 bits per heavy atom. The molecule has 0 aliphatic heterocycles. The van der Waals surface area contributed by atoms with Gasteiger partial charge in [-0.1, -0.05) is 18.2 Å². The molecule has 4 N–H and O–H groups in total. The van der Waals surface area contributed by atoms with Crippen molar-refractivity contribution in [2.75, 3.05) is 18.5 Å². The molecule has 0 radical (unpaired) electrons. The predicted molar refractivity (Wildman–Crippen MR) is 123 cm³/mol. The molecular weight excluding hydrogens is 467 g/mol. The maximum absolute atomic E-state index is 11.5. The van der Waals surface area contributed by atoms with Crippen molar-refractivity contribution in [3.05, 3.63) is 59.2 Å². The molecule has 0 aromatic heterocycles. The predicted octanol–water partition coefficient (Wildman–Crippen LogP) is 3.24.